The van der Waals surface area contributed by atoms with Gasteiger partial charge in [-0.1, -0.05) is 13.3 Å². The summed E-state index contributed by atoms with van der Waals surface area (Å²) in [6.45, 7) is 5.45. The van der Waals surface area contributed by atoms with E-state index >= 15 is 0 Å². The van der Waals surface area contributed by atoms with Gasteiger partial charge in [-0.2, -0.15) is 0 Å². The molecule has 1 N–H and O–H groups in total. The van der Waals surface area contributed by atoms with E-state index in [0.29, 0.717) is 25.6 Å². The van der Waals surface area contributed by atoms with Gasteiger partial charge in [-0.05, 0) is 69.5 Å². The molecule has 1 amide bonds. The van der Waals surface area contributed by atoms with Crippen LogP contribution in [0.4, 0.5) is 5.69 Å². The Kier molecular flexibility index (Phi) is 6.89. The number of benzene rings is 1. The molecule has 6 nitrogen and oxygen atoms in total. The van der Waals surface area contributed by atoms with Crippen molar-refractivity contribution in [3.8, 4) is 0 Å². The smallest absolute Gasteiger partial charge is 0.240 e. The van der Waals surface area contributed by atoms with Crippen LogP contribution in [-0.2, 0) is 14.8 Å². The predicted octanol–water partition coefficient (Wildman–Crippen LogP) is 2.75. The van der Waals surface area contributed by atoms with E-state index in [0.717, 1.165) is 38.0 Å². The summed E-state index contributed by atoms with van der Waals surface area (Å²) in [5.74, 6) is 0.104. The fraction of sp³-hybridized carbons (Fsp3) is 0.650. The number of carbonyl (C=O) groups excluding carboxylic acids is 1. The lowest BCUT2D eigenvalue weighted by atomic mass is 10.00. The molecule has 2 heterocycles. The van der Waals surface area contributed by atoms with E-state index in [1.807, 2.05) is 0 Å². The molecule has 2 aliphatic heterocycles. The number of anilines is 1. The van der Waals surface area contributed by atoms with Crippen LogP contribution in [0.15, 0.2) is 29.2 Å². The van der Waals surface area contributed by atoms with Crippen molar-refractivity contribution in [1.29, 1.82) is 0 Å². The molecule has 7 heteroatoms. The zero-order valence-electron chi connectivity index (χ0n) is 16.2. The Morgan fingerprint density at radius 1 is 1.11 bits per heavy atom. The summed E-state index contributed by atoms with van der Waals surface area (Å²) < 4.78 is 27.7. The highest BCUT2D eigenvalue weighted by Crippen LogP contribution is 2.23. The summed E-state index contributed by atoms with van der Waals surface area (Å²) in [5.41, 5.74) is 0.771. The Balaban J connectivity index is 1.50. The van der Waals surface area contributed by atoms with Crippen LogP contribution in [0.2, 0.25) is 0 Å². The molecule has 0 bridgehead atoms. The van der Waals surface area contributed by atoms with Gasteiger partial charge in [-0.25, -0.2) is 13.1 Å². The molecule has 2 saturated heterocycles. The Morgan fingerprint density at radius 2 is 1.89 bits per heavy atom. The number of hydrogen-bond donors (Lipinski definition) is 1. The average Bonchev–Trinajstić information content (AvgIpc) is 3.11. The lowest BCUT2D eigenvalue weighted by molar-refractivity contribution is -0.117. The van der Waals surface area contributed by atoms with Crippen LogP contribution in [0.25, 0.3) is 0 Å². The maximum atomic E-state index is 12.5. The monoisotopic (exact) mass is 393 g/mol. The van der Waals surface area contributed by atoms with Crippen molar-refractivity contribution >= 4 is 21.6 Å². The minimum Gasteiger partial charge on any atom is -0.312 e. The van der Waals surface area contributed by atoms with Gasteiger partial charge >= 0.3 is 0 Å². The second-order valence-corrected chi connectivity index (χ2v) is 9.25. The molecule has 2 aliphatic rings. The first-order chi connectivity index (χ1) is 13.0. The van der Waals surface area contributed by atoms with Gasteiger partial charge in [-0.3, -0.25) is 4.79 Å². The number of nitrogens with zero attached hydrogens (tertiary/aromatic N) is 2. The Bertz CT molecular complexity index is 733. The Hall–Kier alpha value is -1.44. The van der Waals surface area contributed by atoms with Crippen LogP contribution < -0.4 is 9.62 Å². The van der Waals surface area contributed by atoms with Crippen molar-refractivity contribution in [2.75, 3.05) is 31.1 Å². The summed E-state index contributed by atoms with van der Waals surface area (Å²) in [7, 11) is -3.51. The molecule has 0 radical (unpaired) electrons. The maximum Gasteiger partial charge on any atom is 0.240 e. The van der Waals surface area contributed by atoms with Gasteiger partial charge in [0.15, 0.2) is 0 Å². The van der Waals surface area contributed by atoms with Crippen molar-refractivity contribution in [3.05, 3.63) is 24.3 Å². The largest absolute Gasteiger partial charge is 0.312 e. The van der Waals surface area contributed by atoms with Gasteiger partial charge in [0.25, 0.3) is 0 Å². The van der Waals surface area contributed by atoms with E-state index in [2.05, 4.69) is 16.5 Å². The van der Waals surface area contributed by atoms with E-state index in [-0.39, 0.29) is 10.8 Å². The third-order valence-corrected chi connectivity index (χ3v) is 7.14. The van der Waals surface area contributed by atoms with E-state index in [9.17, 15) is 13.2 Å². The van der Waals surface area contributed by atoms with Gasteiger partial charge in [0, 0.05) is 31.2 Å². The van der Waals surface area contributed by atoms with E-state index in [4.69, 9.17) is 0 Å². The molecule has 2 fully saturated rings. The van der Waals surface area contributed by atoms with Gasteiger partial charge in [-0.15, -0.1) is 0 Å². The lowest BCUT2D eigenvalue weighted by Gasteiger charge is -2.35. The number of rotatable bonds is 8. The minimum absolute atomic E-state index is 0.104. The SMILES string of the molecule is CCC1CCCCN1CCCNS(=O)(=O)c1ccc(N2CCCC2=O)cc1. The van der Waals surface area contributed by atoms with Gasteiger partial charge in [0.2, 0.25) is 15.9 Å². The molecule has 1 aromatic rings. The van der Waals surface area contributed by atoms with Crippen molar-refractivity contribution in [3.63, 3.8) is 0 Å². The average molecular weight is 394 g/mol. The Labute approximate surface area is 163 Å². The maximum absolute atomic E-state index is 12.5. The normalized spacial score (nSPS) is 21.7. The number of amides is 1. The van der Waals surface area contributed by atoms with Crippen LogP contribution in [0.5, 0.6) is 0 Å². The Morgan fingerprint density at radius 3 is 2.56 bits per heavy atom. The summed E-state index contributed by atoms with van der Waals surface area (Å²) in [6.07, 6.45) is 7.21. The summed E-state index contributed by atoms with van der Waals surface area (Å²) >= 11 is 0. The zero-order chi connectivity index (χ0) is 19.3. The molecule has 0 saturated carbocycles. The number of piperidine rings is 1. The summed E-state index contributed by atoms with van der Waals surface area (Å²) in [6, 6.07) is 7.26. The third-order valence-electron chi connectivity index (χ3n) is 5.67. The van der Waals surface area contributed by atoms with Gasteiger partial charge in [0.1, 0.15) is 0 Å². The fourth-order valence-corrected chi connectivity index (χ4v) is 5.19. The van der Waals surface area contributed by atoms with E-state index < -0.39 is 10.0 Å². The number of likely N-dealkylation sites (tertiary alicyclic amines) is 1. The molecule has 1 unspecified atom stereocenters. The minimum atomic E-state index is -3.51. The van der Waals surface area contributed by atoms with E-state index in [1.165, 1.54) is 19.3 Å². The molecular weight excluding hydrogens is 362 g/mol. The second kappa shape index (κ2) is 9.17. The van der Waals surface area contributed by atoms with Crippen LogP contribution in [-0.4, -0.2) is 51.4 Å². The van der Waals surface area contributed by atoms with Gasteiger partial charge in [0.05, 0.1) is 4.90 Å². The van der Waals surface area contributed by atoms with Gasteiger partial charge < -0.3 is 9.80 Å². The predicted molar refractivity (Wildman–Crippen MR) is 107 cm³/mol. The summed E-state index contributed by atoms with van der Waals surface area (Å²) in [5, 5.41) is 0. The summed E-state index contributed by atoms with van der Waals surface area (Å²) in [4.78, 5) is 16.3. The van der Waals surface area contributed by atoms with Crippen LogP contribution >= 0.6 is 0 Å². The zero-order valence-corrected chi connectivity index (χ0v) is 17.0. The molecule has 0 spiro atoms. The van der Waals surface area contributed by atoms with Crippen molar-refractivity contribution in [2.24, 2.45) is 0 Å². The quantitative estimate of drug-likeness (QED) is 0.690. The first-order valence-electron chi connectivity index (χ1n) is 10.2. The number of nitrogens with one attached hydrogen (secondary N) is 1. The van der Waals surface area contributed by atoms with Crippen molar-refractivity contribution in [1.82, 2.24) is 9.62 Å². The van der Waals surface area contributed by atoms with E-state index in [1.54, 1.807) is 29.2 Å². The van der Waals surface area contributed by atoms with Crippen LogP contribution in [0.3, 0.4) is 0 Å². The molecule has 1 aromatic carbocycles. The molecule has 0 aliphatic carbocycles. The van der Waals surface area contributed by atoms with Crippen LogP contribution in [0, 0.1) is 0 Å². The molecule has 3 rings (SSSR count). The molecule has 27 heavy (non-hydrogen) atoms. The third kappa shape index (κ3) is 5.09. The first kappa shape index (κ1) is 20.3. The first-order valence-corrected chi connectivity index (χ1v) is 11.6. The van der Waals surface area contributed by atoms with Crippen molar-refractivity contribution in [2.45, 2.75) is 62.8 Å². The molecular formula is C20H31N3O3S. The van der Waals surface area contributed by atoms with Crippen LogP contribution in [0.1, 0.15) is 51.9 Å². The van der Waals surface area contributed by atoms with Crippen molar-refractivity contribution < 1.29 is 13.2 Å². The highest BCUT2D eigenvalue weighted by atomic mass is 32.2. The number of hydrogen-bond acceptors (Lipinski definition) is 4. The second-order valence-electron chi connectivity index (χ2n) is 7.49. The number of sulfonamides is 1. The highest BCUT2D eigenvalue weighted by molar-refractivity contribution is 7.89. The lowest BCUT2D eigenvalue weighted by Crippen LogP contribution is -2.40. The topological polar surface area (TPSA) is 69.7 Å². The standard InChI is InChI=1S/C20H31N3O3S/c1-2-17-7-3-4-14-22(17)15-6-13-21-27(25,26)19-11-9-18(10-12-19)23-16-5-8-20(23)24/h9-12,17,21H,2-8,13-16H2,1H3. The highest BCUT2D eigenvalue weighted by Gasteiger charge is 2.23. The molecule has 150 valence electrons. The molecule has 0 aromatic heterocycles. The number of carbonyl (C=O) groups is 1. The molecule has 1 atom stereocenters. The fourth-order valence-electron chi connectivity index (χ4n) is 4.12.